The highest BCUT2D eigenvalue weighted by atomic mass is 35.5. The molecule has 3 N–H and O–H groups in total. The summed E-state index contributed by atoms with van der Waals surface area (Å²) in [5.74, 6) is 0.0553. The Morgan fingerprint density at radius 1 is 1.61 bits per heavy atom. The van der Waals surface area contributed by atoms with Crippen molar-refractivity contribution in [1.82, 2.24) is 4.98 Å². The molecule has 1 amide bonds. The molecule has 0 aliphatic heterocycles. The number of carbonyl (C=O) groups is 1. The molecule has 5 nitrogen and oxygen atoms in total. The molecule has 0 aromatic carbocycles. The highest BCUT2D eigenvalue weighted by molar-refractivity contribution is 6.33. The number of methoxy groups -OCH3 is 1. The molecule has 98 valence electrons. The molecule has 2 rings (SSSR count). The van der Waals surface area contributed by atoms with Crippen LogP contribution in [0.2, 0.25) is 5.02 Å². The van der Waals surface area contributed by atoms with Crippen molar-refractivity contribution >= 4 is 23.3 Å². The minimum Gasteiger partial charge on any atom is -0.381 e. The van der Waals surface area contributed by atoms with Crippen molar-refractivity contribution in [3.8, 4) is 0 Å². The number of nitrogens with one attached hydrogen (secondary N) is 1. The van der Waals surface area contributed by atoms with Gasteiger partial charge in [-0.3, -0.25) is 4.79 Å². The van der Waals surface area contributed by atoms with Crippen LogP contribution in [0.25, 0.3) is 0 Å². The standard InChI is InChI=1S/C12H16ClN3O2/c1-18-9-3-2-8(5-9)16-12-10(13)4-7(6-15-12)11(14)17/h4,6,8-9H,2-3,5H2,1H3,(H2,14,17)(H,15,16). The first-order valence-corrected chi connectivity index (χ1v) is 6.22. The zero-order chi connectivity index (χ0) is 13.1. The lowest BCUT2D eigenvalue weighted by Gasteiger charge is -2.14. The van der Waals surface area contributed by atoms with E-state index in [9.17, 15) is 4.79 Å². The summed E-state index contributed by atoms with van der Waals surface area (Å²) in [6.07, 6.45) is 4.72. The molecule has 0 radical (unpaired) electrons. The third-order valence-electron chi connectivity index (χ3n) is 3.18. The number of aromatic nitrogens is 1. The Hall–Kier alpha value is -1.33. The smallest absolute Gasteiger partial charge is 0.250 e. The highest BCUT2D eigenvalue weighted by Gasteiger charge is 2.25. The zero-order valence-electron chi connectivity index (χ0n) is 10.1. The van der Waals surface area contributed by atoms with Crippen molar-refractivity contribution in [2.75, 3.05) is 12.4 Å². The van der Waals surface area contributed by atoms with Crippen LogP contribution >= 0.6 is 11.6 Å². The van der Waals surface area contributed by atoms with Crippen LogP contribution in [-0.2, 0) is 4.74 Å². The summed E-state index contributed by atoms with van der Waals surface area (Å²) in [6, 6.07) is 1.83. The lowest BCUT2D eigenvalue weighted by molar-refractivity contribution is 0.1000. The Morgan fingerprint density at radius 2 is 2.39 bits per heavy atom. The van der Waals surface area contributed by atoms with Gasteiger partial charge in [0, 0.05) is 19.3 Å². The first kappa shape index (κ1) is 13.1. The lowest BCUT2D eigenvalue weighted by Crippen LogP contribution is -2.19. The fraction of sp³-hybridized carbons (Fsp3) is 0.500. The van der Waals surface area contributed by atoms with E-state index in [1.54, 1.807) is 7.11 Å². The van der Waals surface area contributed by atoms with Gasteiger partial charge in [0.05, 0.1) is 16.7 Å². The number of halogens is 1. The number of pyridine rings is 1. The van der Waals surface area contributed by atoms with Gasteiger partial charge in [-0.1, -0.05) is 11.6 Å². The van der Waals surface area contributed by atoms with Gasteiger partial charge in [-0.05, 0) is 25.3 Å². The molecule has 1 aliphatic rings. The molecule has 0 spiro atoms. The van der Waals surface area contributed by atoms with Gasteiger partial charge in [-0.15, -0.1) is 0 Å². The van der Waals surface area contributed by atoms with Crippen LogP contribution in [0.4, 0.5) is 5.82 Å². The summed E-state index contributed by atoms with van der Waals surface area (Å²) in [6.45, 7) is 0. The zero-order valence-corrected chi connectivity index (χ0v) is 10.9. The van der Waals surface area contributed by atoms with Crippen molar-refractivity contribution in [1.29, 1.82) is 0 Å². The van der Waals surface area contributed by atoms with E-state index in [1.807, 2.05) is 0 Å². The quantitative estimate of drug-likeness (QED) is 0.874. The Balaban J connectivity index is 2.04. The molecular weight excluding hydrogens is 254 g/mol. The monoisotopic (exact) mass is 269 g/mol. The summed E-state index contributed by atoms with van der Waals surface area (Å²) >= 11 is 6.06. The number of nitrogens with two attached hydrogens (primary N) is 1. The maximum Gasteiger partial charge on any atom is 0.250 e. The van der Waals surface area contributed by atoms with Gasteiger partial charge in [-0.2, -0.15) is 0 Å². The number of nitrogens with zero attached hydrogens (tertiary/aromatic N) is 1. The predicted octanol–water partition coefficient (Wildman–Crippen LogP) is 1.81. The molecule has 2 atom stereocenters. The molecule has 1 aliphatic carbocycles. The molecule has 0 saturated heterocycles. The van der Waals surface area contributed by atoms with Crippen LogP contribution in [0.1, 0.15) is 29.6 Å². The first-order valence-electron chi connectivity index (χ1n) is 5.85. The van der Waals surface area contributed by atoms with E-state index in [1.165, 1.54) is 12.3 Å². The van der Waals surface area contributed by atoms with Gasteiger partial charge in [0.1, 0.15) is 5.82 Å². The molecule has 1 aromatic rings. The Bertz CT molecular complexity index is 453. The van der Waals surface area contributed by atoms with Gasteiger partial charge < -0.3 is 15.8 Å². The van der Waals surface area contributed by atoms with Crippen molar-refractivity contribution in [2.24, 2.45) is 5.73 Å². The van der Waals surface area contributed by atoms with Gasteiger partial charge in [0.15, 0.2) is 0 Å². The van der Waals surface area contributed by atoms with Gasteiger partial charge >= 0.3 is 0 Å². The van der Waals surface area contributed by atoms with E-state index >= 15 is 0 Å². The molecule has 1 heterocycles. The number of hydrogen-bond acceptors (Lipinski definition) is 4. The molecule has 6 heteroatoms. The van der Waals surface area contributed by atoms with Crippen LogP contribution in [0.5, 0.6) is 0 Å². The minimum absolute atomic E-state index is 0.297. The lowest BCUT2D eigenvalue weighted by atomic mass is 10.2. The van der Waals surface area contributed by atoms with Gasteiger partial charge in [-0.25, -0.2) is 4.98 Å². The molecule has 0 bridgehead atoms. The van der Waals surface area contributed by atoms with Crippen LogP contribution in [0.3, 0.4) is 0 Å². The molecule has 18 heavy (non-hydrogen) atoms. The Morgan fingerprint density at radius 3 is 2.94 bits per heavy atom. The summed E-state index contributed by atoms with van der Waals surface area (Å²) < 4.78 is 5.31. The number of amides is 1. The first-order chi connectivity index (χ1) is 8.60. The van der Waals surface area contributed by atoms with Crippen molar-refractivity contribution in [2.45, 2.75) is 31.4 Å². The van der Waals surface area contributed by atoms with Crippen molar-refractivity contribution in [3.05, 3.63) is 22.8 Å². The SMILES string of the molecule is COC1CCC(Nc2ncc(C(N)=O)cc2Cl)C1. The number of hydrogen-bond donors (Lipinski definition) is 2. The summed E-state index contributed by atoms with van der Waals surface area (Å²) in [5.41, 5.74) is 5.47. The largest absolute Gasteiger partial charge is 0.381 e. The fourth-order valence-electron chi connectivity index (χ4n) is 2.16. The average molecular weight is 270 g/mol. The van der Waals surface area contributed by atoms with E-state index in [4.69, 9.17) is 22.1 Å². The van der Waals surface area contributed by atoms with Gasteiger partial charge in [0.2, 0.25) is 5.91 Å². The van der Waals surface area contributed by atoms with Gasteiger partial charge in [0.25, 0.3) is 0 Å². The van der Waals surface area contributed by atoms with Crippen LogP contribution in [0.15, 0.2) is 12.3 Å². The Labute approximate surface area is 111 Å². The van der Waals surface area contributed by atoms with Crippen LogP contribution in [0, 0.1) is 0 Å². The maximum absolute atomic E-state index is 11.0. The van der Waals surface area contributed by atoms with E-state index in [0.29, 0.717) is 28.5 Å². The van der Waals surface area contributed by atoms with E-state index in [-0.39, 0.29) is 0 Å². The van der Waals surface area contributed by atoms with E-state index in [2.05, 4.69) is 10.3 Å². The highest BCUT2D eigenvalue weighted by Crippen LogP contribution is 2.27. The molecule has 1 fully saturated rings. The molecular formula is C12H16ClN3O2. The molecule has 2 unspecified atom stereocenters. The molecule has 1 aromatic heterocycles. The fourth-order valence-corrected chi connectivity index (χ4v) is 2.38. The molecule has 1 saturated carbocycles. The van der Waals surface area contributed by atoms with Crippen molar-refractivity contribution in [3.63, 3.8) is 0 Å². The second kappa shape index (κ2) is 5.54. The summed E-state index contributed by atoms with van der Waals surface area (Å²) in [7, 11) is 1.72. The number of rotatable bonds is 4. The van der Waals surface area contributed by atoms with E-state index in [0.717, 1.165) is 19.3 Å². The summed E-state index contributed by atoms with van der Waals surface area (Å²) in [5, 5.41) is 3.67. The van der Waals surface area contributed by atoms with Crippen LogP contribution < -0.4 is 11.1 Å². The third kappa shape index (κ3) is 2.91. The number of carbonyl (C=O) groups excluding carboxylic acids is 1. The second-order valence-corrected chi connectivity index (χ2v) is 4.84. The number of anilines is 1. The summed E-state index contributed by atoms with van der Waals surface area (Å²) in [4.78, 5) is 15.1. The maximum atomic E-state index is 11.0. The van der Waals surface area contributed by atoms with E-state index < -0.39 is 5.91 Å². The topological polar surface area (TPSA) is 77.2 Å². The third-order valence-corrected chi connectivity index (χ3v) is 3.47. The predicted molar refractivity (Wildman–Crippen MR) is 69.8 cm³/mol. The second-order valence-electron chi connectivity index (χ2n) is 4.43. The average Bonchev–Trinajstić information content (AvgIpc) is 2.79. The Kier molecular flexibility index (Phi) is 4.04. The van der Waals surface area contributed by atoms with Crippen molar-refractivity contribution < 1.29 is 9.53 Å². The number of ether oxygens (including phenoxy) is 1. The normalized spacial score (nSPS) is 23.0. The minimum atomic E-state index is -0.531. The van der Waals surface area contributed by atoms with Crippen LogP contribution in [-0.4, -0.2) is 30.1 Å². The number of primary amides is 1.